The summed E-state index contributed by atoms with van der Waals surface area (Å²) in [6.07, 6.45) is 0.476. The summed E-state index contributed by atoms with van der Waals surface area (Å²) in [7, 11) is 3.38. The van der Waals surface area contributed by atoms with Crippen LogP contribution < -0.4 is 9.80 Å². The number of hydrogen-bond acceptors (Lipinski definition) is 6. The van der Waals surface area contributed by atoms with E-state index in [1.54, 1.807) is 14.1 Å². The molecule has 2 spiro atoms. The van der Waals surface area contributed by atoms with Crippen molar-refractivity contribution in [3.8, 4) is 0 Å². The van der Waals surface area contributed by atoms with Crippen LogP contribution in [-0.4, -0.2) is 37.8 Å². The van der Waals surface area contributed by atoms with Crippen molar-refractivity contribution in [2.24, 2.45) is 0 Å². The van der Waals surface area contributed by atoms with Crippen molar-refractivity contribution < 1.29 is 28.7 Å². The monoisotopic (exact) mass is 710 g/mol. The minimum Gasteiger partial charge on any atom is -0.440 e. The van der Waals surface area contributed by atoms with Gasteiger partial charge in [0.05, 0.1) is 11.4 Å². The molecule has 0 unspecified atom stereocenters. The Morgan fingerprint density at radius 1 is 0.722 bits per heavy atom. The van der Waals surface area contributed by atoms with Gasteiger partial charge >= 0.3 is 11.9 Å². The van der Waals surface area contributed by atoms with Gasteiger partial charge in [-0.15, -0.1) is 0 Å². The van der Waals surface area contributed by atoms with Crippen molar-refractivity contribution in [1.29, 1.82) is 0 Å². The molecule has 0 saturated carbocycles. The molecule has 184 valence electrons. The van der Waals surface area contributed by atoms with Gasteiger partial charge < -0.3 is 19.3 Å². The maximum Gasteiger partial charge on any atom is 0.335 e. The number of nitrogens with zero attached hydrogens (tertiary/aromatic N) is 2. The summed E-state index contributed by atoms with van der Waals surface area (Å²) < 4.78 is 12.7. The van der Waals surface area contributed by atoms with Crippen LogP contribution in [0.3, 0.4) is 0 Å². The first-order valence-corrected chi connectivity index (χ1v) is 13.1. The van der Waals surface area contributed by atoms with Crippen LogP contribution in [0.15, 0.2) is 60.7 Å². The normalized spacial score (nSPS) is 25.9. The van der Waals surface area contributed by atoms with Crippen molar-refractivity contribution >= 4 is 80.3 Å². The van der Waals surface area contributed by atoms with E-state index in [0.717, 1.165) is 29.6 Å². The smallest absolute Gasteiger partial charge is 0.335 e. The Hall–Kier alpha value is -2.74. The molecule has 0 aromatic heterocycles. The van der Waals surface area contributed by atoms with Gasteiger partial charge in [0.1, 0.15) is 0 Å². The fourth-order valence-electron chi connectivity index (χ4n) is 5.06. The molecule has 36 heavy (non-hydrogen) atoms. The SMILES string of the molecule is C=C1C[C@@]2(OC1=O)C(=O)N(C)c1ccc(I)cc12.C=C1C[C@@]2(OC1=O)C(=O)N(C)c1ccc(I)cc12. The third kappa shape index (κ3) is 3.44. The van der Waals surface area contributed by atoms with Gasteiger partial charge in [0.15, 0.2) is 0 Å². The number of carbonyl (C=O) groups excluding carboxylic acids is 4. The Labute approximate surface area is 234 Å². The van der Waals surface area contributed by atoms with Gasteiger partial charge in [-0.2, -0.15) is 0 Å². The second-order valence-electron chi connectivity index (χ2n) is 9.05. The van der Waals surface area contributed by atoms with Crippen molar-refractivity contribution in [2.75, 3.05) is 23.9 Å². The van der Waals surface area contributed by atoms with Crippen molar-refractivity contribution in [2.45, 2.75) is 24.0 Å². The highest BCUT2D eigenvalue weighted by molar-refractivity contribution is 14.1. The first-order valence-electron chi connectivity index (χ1n) is 10.9. The predicted octanol–water partition coefficient (Wildman–Crippen LogP) is 3.93. The van der Waals surface area contributed by atoms with Crippen LogP contribution in [0.2, 0.25) is 0 Å². The zero-order valence-electron chi connectivity index (χ0n) is 19.4. The first kappa shape index (κ1) is 24.9. The summed E-state index contributed by atoms with van der Waals surface area (Å²) in [4.78, 5) is 51.0. The molecule has 0 bridgehead atoms. The van der Waals surface area contributed by atoms with E-state index in [9.17, 15) is 19.2 Å². The predicted molar refractivity (Wildman–Crippen MR) is 148 cm³/mol. The lowest BCUT2D eigenvalue weighted by Gasteiger charge is -2.20. The molecule has 10 heteroatoms. The number of fused-ring (bicyclic) bond motifs is 4. The number of likely N-dealkylation sites (N-methyl/N-ethyl adjacent to an activating group) is 2. The van der Waals surface area contributed by atoms with Gasteiger partial charge in [0.2, 0.25) is 11.2 Å². The van der Waals surface area contributed by atoms with Crippen molar-refractivity contribution in [1.82, 2.24) is 0 Å². The number of ether oxygens (including phenoxy) is 2. The summed E-state index contributed by atoms with van der Waals surface area (Å²) >= 11 is 4.35. The third-order valence-corrected chi connectivity index (χ3v) is 8.19. The molecule has 2 atom stereocenters. The lowest BCUT2D eigenvalue weighted by atomic mass is 9.91. The van der Waals surface area contributed by atoms with E-state index in [2.05, 4.69) is 58.3 Å². The van der Waals surface area contributed by atoms with Crippen molar-refractivity contribution in [3.63, 3.8) is 0 Å². The van der Waals surface area contributed by atoms with Crippen LogP contribution >= 0.6 is 45.2 Å². The average Bonchev–Trinajstić information content (AvgIpc) is 3.44. The molecule has 4 aliphatic heterocycles. The number of benzene rings is 2. The Morgan fingerprint density at radius 2 is 1.08 bits per heavy atom. The van der Waals surface area contributed by atoms with Crippen molar-refractivity contribution in [3.05, 3.63) is 79.0 Å². The molecule has 2 aromatic carbocycles. The first-order chi connectivity index (χ1) is 16.9. The maximum atomic E-state index is 12.4. The van der Waals surface area contributed by atoms with E-state index in [1.165, 1.54) is 9.80 Å². The zero-order chi connectivity index (χ0) is 26.2. The molecule has 4 aliphatic rings. The van der Waals surface area contributed by atoms with Crippen LogP contribution in [-0.2, 0) is 39.9 Å². The molecular weight excluding hydrogens is 690 g/mol. The number of esters is 2. The molecule has 0 radical (unpaired) electrons. The maximum absolute atomic E-state index is 12.4. The highest BCUT2D eigenvalue weighted by Gasteiger charge is 2.58. The van der Waals surface area contributed by atoms with Gasteiger partial charge in [0, 0.05) is 56.4 Å². The number of hydrogen-bond donors (Lipinski definition) is 0. The Kier molecular flexibility index (Phi) is 5.82. The van der Waals surface area contributed by atoms with E-state index in [0.29, 0.717) is 11.1 Å². The van der Waals surface area contributed by atoms with Crippen LogP contribution in [0, 0.1) is 7.14 Å². The quantitative estimate of drug-likeness (QED) is 0.234. The van der Waals surface area contributed by atoms with Crippen LogP contribution in [0.4, 0.5) is 11.4 Å². The number of carbonyl (C=O) groups is 4. The van der Waals surface area contributed by atoms with Gasteiger partial charge in [-0.1, -0.05) is 13.2 Å². The molecule has 8 nitrogen and oxygen atoms in total. The van der Waals surface area contributed by atoms with Gasteiger partial charge in [-0.25, -0.2) is 9.59 Å². The molecule has 2 saturated heterocycles. The third-order valence-electron chi connectivity index (χ3n) is 6.85. The molecule has 0 aliphatic carbocycles. The molecule has 4 heterocycles. The highest BCUT2D eigenvalue weighted by Crippen LogP contribution is 2.50. The average molecular weight is 710 g/mol. The second-order valence-corrected chi connectivity index (χ2v) is 11.5. The van der Waals surface area contributed by atoms with E-state index < -0.39 is 23.1 Å². The number of halogens is 2. The zero-order valence-corrected chi connectivity index (χ0v) is 23.7. The summed E-state index contributed by atoms with van der Waals surface area (Å²) in [6, 6.07) is 11.4. The van der Waals surface area contributed by atoms with E-state index >= 15 is 0 Å². The second kappa shape index (κ2) is 8.40. The van der Waals surface area contributed by atoms with E-state index in [1.807, 2.05) is 36.4 Å². The van der Waals surface area contributed by atoms with Gasteiger partial charge in [0.25, 0.3) is 11.8 Å². The standard InChI is InChI=1S/2C13H10INO3/c2*1-7-6-13(18-11(7)16)9-5-8(14)3-4-10(9)15(2)12(13)17/h2*3-5H,1,6H2,2H3/t2*13-/m00/s1. The largest absolute Gasteiger partial charge is 0.440 e. The fraction of sp³-hybridized carbons (Fsp3) is 0.231. The minimum absolute atomic E-state index is 0.202. The molecular formula is C26H20I2N2O6. The van der Waals surface area contributed by atoms with Crippen LogP contribution in [0.25, 0.3) is 0 Å². The molecule has 0 N–H and O–H groups in total. The number of rotatable bonds is 0. The number of amides is 2. The van der Waals surface area contributed by atoms with Crippen LogP contribution in [0.5, 0.6) is 0 Å². The lowest BCUT2D eigenvalue weighted by molar-refractivity contribution is -0.156. The van der Waals surface area contributed by atoms with Gasteiger partial charge in [-0.3, -0.25) is 9.59 Å². The summed E-state index contributed by atoms with van der Waals surface area (Å²) in [5.41, 5.74) is 1.44. The van der Waals surface area contributed by atoms with E-state index in [4.69, 9.17) is 9.47 Å². The summed E-state index contributed by atoms with van der Waals surface area (Å²) in [5.74, 6) is -1.37. The number of anilines is 2. The highest BCUT2D eigenvalue weighted by atomic mass is 127. The Balaban J connectivity index is 0.000000148. The lowest BCUT2D eigenvalue weighted by Crippen LogP contribution is -2.38. The minimum atomic E-state index is -1.18. The fourth-order valence-corrected chi connectivity index (χ4v) is 6.04. The van der Waals surface area contributed by atoms with E-state index in [-0.39, 0.29) is 24.7 Å². The van der Waals surface area contributed by atoms with Crippen LogP contribution in [0.1, 0.15) is 24.0 Å². The molecule has 2 aromatic rings. The molecule has 2 amide bonds. The summed E-state index contributed by atoms with van der Waals surface area (Å²) in [5, 5.41) is 0. The Morgan fingerprint density at radius 3 is 1.39 bits per heavy atom. The molecule has 6 rings (SSSR count). The summed E-state index contributed by atoms with van der Waals surface area (Å²) in [6.45, 7) is 7.32. The topological polar surface area (TPSA) is 93.2 Å². The van der Waals surface area contributed by atoms with Gasteiger partial charge in [-0.05, 0) is 81.6 Å². The Bertz CT molecular complexity index is 1290. The molecule has 2 fully saturated rings.